The van der Waals surface area contributed by atoms with Crippen molar-refractivity contribution in [2.75, 3.05) is 0 Å². The van der Waals surface area contributed by atoms with Crippen molar-refractivity contribution in [3.8, 4) is 0 Å². The van der Waals surface area contributed by atoms with Crippen LogP contribution in [-0.4, -0.2) is 16.0 Å². The van der Waals surface area contributed by atoms with Crippen molar-refractivity contribution in [2.45, 2.75) is 25.2 Å². The first kappa shape index (κ1) is 10.2. The molecule has 0 bridgehead atoms. The van der Waals surface area contributed by atoms with Crippen LogP contribution in [0.3, 0.4) is 0 Å². The number of nitrogens with one attached hydrogen (secondary N) is 1. The average Bonchev–Trinajstić information content (AvgIpc) is 2.76. The highest BCUT2D eigenvalue weighted by atomic mass is 16.4. The molecule has 1 unspecified atom stereocenters. The second kappa shape index (κ2) is 3.80. The quantitative estimate of drug-likeness (QED) is 0.304. The fourth-order valence-electron chi connectivity index (χ4n) is 2.78. The zero-order chi connectivity index (χ0) is 11.8. The highest BCUT2D eigenvalue weighted by Crippen LogP contribution is 2.35. The van der Waals surface area contributed by atoms with E-state index in [1.807, 2.05) is 12.1 Å². The molecule has 1 aromatic carbocycles. The standard InChI is InChI=1S/C13H15N3O/c14-13(16-17)10-6-3-5-9-8-4-1-2-7-11(8)15-12(9)10/h1-2,4,7,10,15,17H,3,5-6H2,(H2,14,16). The summed E-state index contributed by atoms with van der Waals surface area (Å²) in [6, 6.07) is 8.25. The molecule has 1 aliphatic carbocycles. The van der Waals surface area contributed by atoms with E-state index in [0.717, 1.165) is 30.5 Å². The third-order valence-corrected chi connectivity index (χ3v) is 3.59. The van der Waals surface area contributed by atoms with Gasteiger partial charge in [0.2, 0.25) is 0 Å². The maximum atomic E-state index is 8.84. The van der Waals surface area contributed by atoms with Crippen molar-refractivity contribution in [2.24, 2.45) is 10.9 Å². The molecule has 88 valence electrons. The molecule has 0 radical (unpaired) electrons. The summed E-state index contributed by atoms with van der Waals surface area (Å²) in [5.41, 5.74) is 9.34. The van der Waals surface area contributed by atoms with E-state index in [-0.39, 0.29) is 5.92 Å². The van der Waals surface area contributed by atoms with Crippen molar-refractivity contribution in [3.05, 3.63) is 35.5 Å². The summed E-state index contributed by atoms with van der Waals surface area (Å²) < 4.78 is 0. The smallest absolute Gasteiger partial charge is 0.148 e. The van der Waals surface area contributed by atoms with Crippen LogP contribution in [0.2, 0.25) is 0 Å². The van der Waals surface area contributed by atoms with Gasteiger partial charge in [0.05, 0.1) is 5.92 Å². The number of aromatic amines is 1. The van der Waals surface area contributed by atoms with Gasteiger partial charge < -0.3 is 15.9 Å². The number of rotatable bonds is 1. The Balaban J connectivity index is 2.21. The third kappa shape index (κ3) is 1.48. The van der Waals surface area contributed by atoms with Crippen LogP contribution < -0.4 is 5.73 Å². The average molecular weight is 229 g/mol. The lowest BCUT2D eigenvalue weighted by Gasteiger charge is -2.21. The SMILES string of the molecule is N/C(=N\O)C1CCCc2c1[nH]c1ccccc21. The number of hydrogen-bond donors (Lipinski definition) is 3. The molecule has 0 spiro atoms. The van der Waals surface area contributed by atoms with Gasteiger partial charge in [-0.3, -0.25) is 0 Å². The number of nitrogens with zero attached hydrogens (tertiary/aromatic N) is 1. The third-order valence-electron chi connectivity index (χ3n) is 3.59. The van der Waals surface area contributed by atoms with Crippen LogP contribution >= 0.6 is 0 Å². The molecule has 1 aromatic heterocycles. The minimum atomic E-state index is 0.0242. The Bertz CT molecular complexity index is 585. The monoisotopic (exact) mass is 229 g/mol. The van der Waals surface area contributed by atoms with Crippen LogP contribution in [0, 0.1) is 0 Å². The number of benzene rings is 1. The molecule has 1 aliphatic rings. The Kier molecular flexibility index (Phi) is 2.28. The Morgan fingerprint density at radius 3 is 3.06 bits per heavy atom. The van der Waals surface area contributed by atoms with Gasteiger partial charge in [0.15, 0.2) is 0 Å². The first-order valence-corrected chi connectivity index (χ1v) is 5.88. The van der Waals surface area contributed by atoms with E-state index in [1.54, 1.807) is 0 Å². The van der Waals surface area contributed by atoms with Crippen LogP contribution in [-0.2, 0) is 6.42 Å². The number of aromatic nitrogens is 1. The maximum absolute atomic E-state index is 8.84. The van der Waals surface area contributed by atoms with Crippen molar-refractivity contribution in [1.29, 1.82) is 0 Å². The second-order valence-corrected chi connectivity index (χ2v) is 4.53. The number of amidine groups is 1. The zero-order valence-electron chi connectivity index (χ0n) is 9.48. The maximum Gasteiger partial charge on any atom is 0.148 e. The largest absolute Gasteiger partial charge is 0.409 e. The van der Waals surface area contributed by atoms with Gasteiger partial charge >= 0.3 is 0 Å². The van der Waals surface area contributed by atoms with Crippen LogP contribution in [0.15, 0.2) is 29.4 Å². The fraction of sp³-hybridized carbons (Fsp3) is 0.308. The molecule has 3 rings (SSSR count). The summed E-state index contributed by atoms with van der Waals surface area (Å²) in [4.78, 5) is 3.41. The Hall–Kier alpha value is -1.97. The molecule has 4 N–H and O–H groups in total. The van der Waals surface area contributed by atoms with E-state index in [0.29, 0.717) is 5.84 Å². The predicted molar refractivity (Wildman–Crippen MR) is 67.4 cm³/mol. The summed E-state index contributed by atoms with van der Waals surface area (Å²) in [5, 5.41) is 13.3. The molecule has 0 amide bonds. The lowest BCUT2D eigenvalue weighted by Crippen LogP contribution is -2.25. The number of aryl methyl sites for hydroxylation is 1. The summed E-state index contributed by atoms with van der Waals surface area (Å²) >= 11 is 0. The molecule has 17 heavy (non-hydrogen) atoms. The highest BCUT2D eigenvalue weighted by molar-refractivity contribution is 5.91. The lowest BCUT2D eigenvalue weighted by atomic mass is 9.86. The van der Waals surface area contributed by atoms with Gasteiger partial charge in [0.1, 0.15) is 5.84 Å². The van der Waals surface area contributed by atoms with E-state index in [9.17, 15) is 0 Å². The van der Waals surface area contributed by atoms with Gasteiger partial charge in [-0.2, -0.15) is 0 Å². The molecule has 0 saturated heterocycles. The van der Waals surface area contributed by atoms with Gasteiger partial charge in [0.25, 0.3) is 0 Å². The van der Waals surface area contributed by atoms with Gasteiger partial charge in [-0.25, -0.2) is 0 Å². The van der Waals surface area contributed by atoms with Crippen LogP contribution in [0.5, 0.6) is 0 Å². The molecule has 0 fully saturated rings. The first-order chi connectivity index (χ1) is 8.31. The molecular formula is C13H15N3O. The Labute approximate surface area is 99.1 Å². The van der Waals surface area contributed by atoms with Gasteiger partial charge in [-0.15, -0.1) is 0 Å². The minimum Gasteiger partial charge on any atom is -0.409 e. The zero-order valence-corrected chi connectivity index (χ0v) is 9.48. The van der Waals surface area contributed by atoms with E-state index in [2.05, 4.69) is 22.3 Å². The lowest BCUT2D eigenvalue weighted by molar-refractivity contribution is 0.315. The number of fused-ring (bicyclic) bond motifs is 3. The van der Waals surface area contributed by atoms with Gasteiger partial charge in [-0.05, 0) is 30.9 Å². The van der Waals surface area contributed by atoms with Crippen molar-refractivity contribution in [1.82, 2.24) is 4.98 Å². The van der Waals surface area contributed by atoms with Gasteiger partial charge in [-0.1, -0.05) is 23.4 Å². The molecule has 1 heterocycles. The van der Waals surface area contributed by atoms with Crippen LogP contribution in [0.25, 0.3) is 10.9 Å². The van der Waals surface area contributed by atoms with E-state index >= 15 is 0 Å². The topological polar surface area (TPSA) is 74.4 Å². The Morgan fingerprint density at radius 2 is 2.24 bits per heavy atom. The van der Waals surface area contributed by atoms with E-state index in [1.165, 1.54) is 10.9 Å². The highest BCUT2D eigenvalue weighted by Gasteiger charge is 2.26. The number of H-pyrrole nitrogens is 1. The number of hydrogen-bond acceptors (Lipinski definition) is 2. The number of oxime groups is 1. The summed E-state index contributed by atoms with van der Waals surface area (Å²) in [7, 11) is 0. The number of nitrogens with two attached hydrogens (primary N) is 1. The first-order valence-electron chi connectivity index (χ1n) is 5.88. The van der Waals surface area contributed by atoms with Crippen LogP contribution in [0.1, 0.15) is 30.0 Å². The Morgan fingerprint density at radius 1 is 1.41 bits per heavy atom. The van der Waals surface area contributed by atoms with E-state index in [4.69, 9.17) is 10.9 Å². The minimum absolute atomic E-state index is 0.0242. The second-order valence-electron chi connectivity index (χ2n) is 4.53. The predicted octanol–water partition coefficient (Wildman–Crippen LogP) is 2.33. The summed E-state index contributed by atoms with van der Waals surface area (Å²) in [5.74, 6) is 0.327. The van der Waals surface area contributed by atoms with Crippen molar-refractivity contribution < 1.29 is 5.21 Å². The van der Waals surface area contributed by atoms with Crippen molar-refractivity contribution in [3.63, 3.8) is 0 Å². The number of para-hydroxylation sites is 1. The fourth-order valence-corrected chi connectivity index (χ4v) is 2.78. The molecule has 0 aliphatic heterocycles. The summed E-state index contributed by atoms with van der Waals surface area (Å²) in [6.07, 6.45) is 3.08. The molecule has 0 saturated carbocycles. The molecule has 1 atom stereocenters. The summed E-state index contributed by atoms with van der Waals surface area (Å²) in [6.45, 7) is 0. The molecule has 2 aromatic rings. The molecule has 4 heteroatoms. The molecular weight excluding hydrogens is 214 g/mol. The van der Waals surface area contributed by atoms with Crippen LogP contribution in [0.4, 0.5) is 0 Å². The van der Waals surface area contributed by atoms with Crippen molar-refractivity contribution >= 4 is 16.7 Å². The normalized spacial score (nSPS) is 20.5. The van der Waals surface area contributed by atoms with Gasteiger partial charge in [0, 0.05) is 16.6 Å². The molecule has 4 nitrogen and oxygen atoms in total. The van der Waals surface area contributed by atoms with E-state index < -0.39 is 0 Å².